The zero-order valence-corrected chi connectivity index (χ0v) is 10.2. The van der Waals surface area contributed by atoms with Crippen molar-refractivity contribution in [3.63, 3.8) is 0 Å². The van der Waals surface area contributed by atoms with Crippen LogP contribution in [0.3, 0.4) is 0 Å². The van der Waals surface area contributed by atoms with Gasteiger partial charge in [0.05, 0.1) is 13.2 Å². The van der Waals surface area contributed by atoms with Crippen LogP contribution in [0.5, 0.6) is 0 Å². The number of fused-ring (bicyclic) bond motifs is 1. The molecule has 2 fully saturated rings. The Labute approximate surface area is 97.9 Å². The number of hydrogen-bond donors (Lipinski definition) is 0. The molecule has 0 aromatic heterocycles. The lowest BCUT2D eigenvalue weighted by atomic mass is 9.85. The fourth-order valence-electron chi connectivity index (χ4n) is 3.12. The molecule has 2 atom stereocenters. The molecular weight excluding hydrogens is 210 g/mol. The molecule has 2 aliphatic rings. The molecule has 1 saturated heterocycles. The third-order valence-electron chi connectivity index (χ3n) is 3.87. The summed E-state index contributed by atoms with van der Waals surface area (Å²) in [5, 5.41) is 0. The molecule has 15 heavy (non-hydrogen) atoms. The van der Waals surface area contributed by atoms with E-state index in [4.69, 9.17) is 16.3 Å². The van der Waals surface area contributed by atoms with E-state index in [9.17, 15) is 0 Å². The summed E-state index contributed by atoms with van der Waals surface area (Å²) in [7, 11) is 0. The molecule has 0 aromatic rings. The first-order valence-corrected chi connectivity index (χ1v) is 6.83. The van der Waals surface area contributed by atoms with Gasteiger partial charge < -0.3 is 4.74 Å². The Morgan fingerprint density at radius 3 is 2.87 bits per heavy atom. The van der Waals surface area contributed by atoms with Gasteiger partial charge in [-0.15, -0.1) is 11.6 Å². The van der Waals surface area contributed by atoms with Gasteiger partial charge in [0.1, 0.15) is 0 Å². The van der Waals surface area contributed by atoms with E-state index in [0.29, 0.717) is 12.5 Å². The second-order valence-corrected chi connectivity index (χ2v) is 5.12. The van der Waals surface area contributed by atoms with E-state index in [1.54, 1.807) is 0 Å². The van der Waals surface area contributed by atoms with Crippen molar-refractivity contribution in [3.05, 3.63) is 0 Å². The highest BCUT2D eigenvalue weighted by molar-refractivity contribution is 6.17. The van der Waals surface area contributed by atoms with Gasteiger partial charge >= 0.3 is 0 Å². The highest BCUT2D eigenvalue weighted by Gasteiger charge is 2.34. The van der Waals surface area contributed by atoms with Crippen molar-refractivity contribution >= 4 is 11.6 Å². The van der Waals surface area contributed by atoms with Crippen LogP contribution in [0.2, 0.25) is 0 Å². The summed E-state index contributed by atoms with van der Waals surface area (Å²) in [6.45, 7) is 3.96. The summed E-state index contributed by atoms with van der Waals surface area (Å²) in [6.07, 6.45) is 7.18. The lowest BCUT2D eigenvalue weighted by Gasteiger charge is -2.31. The Hall–Kier alpha value is 0.210. The first kappa shape index (κ1) is 11.7. The largest absolute Gasteiger partial charge is 0.379 e. The van der Waals surface area contributed by atoms with Gasteiger partial charge in [0, 0.05) is 18.5 Å². The molecule has 0 spiro atoms. The Bertz CT molecular complexity index is 188. The lowest BCUT2D eigenvalue weighted by molar-refractivity contribution is 0.0967. The average molecular weight is 232 g/mol. The summed E-state index contributed by atoms with van der Waals surface area (Å²) >= 11 is 5.57. The van der Waals surface area contributed by atoms with Crippen LogP contribution in [-0.2, 0) is 4.74 Å². The molecule has 0 radical (unpaired) electrons. The number of alkyl halides is 1. The number of halogens is 1. The van der Waals surface area contributed by atoms with Gasteiger partial charge in [-0.1, -0.05) is 12.8 Å². The van der Waals surface area contributed by atoms with Gasteiger partial charge in [-0.25, -0.2) is 0 Å². The molecule has 2 rings (SSSR count). The van der Waals surface area contributed by atoms with Crippen molar-refractivity contribution in [2.45, 2.75) is 38.1 Å². The molecule has 88 valence electrons. The van der Waals surface area contributed by atoms with E-state index in [1.807, 2.05) is 0 Å². The number of ether oxygens (including phenoxy) is 1. The van der Waals surface area contributed by atoms with Gasteiger partial charge in [0.2, 0.25) is 0 Å². The molecule has 1 heterocycles. The molecule has 2 unspecified atom stereocenters. The average Bonchev–Trinajstić information content (AvgIpc) is 2.68. The maximum atomic E-state index is 5.57. The topological polar surface area (TPSA) is 12.5 Å². The van der Waals surface area contributed by atoms with Gasteiger partial charge in [0.15, 0.2) is 0 Å². The van der Waals surface area contributed by atoms with Crippen LogP contribution >= 0.6 is 11.6 Å². The first-order chi connectivity index (χ1) is 7.42. The molecule has 0 amide bonds. The number of hydrogen-bond acceptors (Lipinski definition) is 2. The van der Waals surface area contributed by atoms with Gasteiger partial charge in [-0.3, -0.25) is 4.90 Å². The van der Waals surface area contributed by atoms with Crippen LogP contribution in [0, 0.1) is 5.92 Å². The maximum absolute atomic E-state index is 5.57. The molecule has 0 bridgehead atoms. The van der Waals surface area contributed by atoms with E-state index in [0.717, 1.165) is 25.1 Å². The van der Waals surface area contributed by atoms with Crippen LogP contribution in [0.1, 0.15) is 32.1 Å². The van der Waals surface area contributed by atoms with E-state index in [1.165, 1.54) is 38.6 Å². The highest BCUT2D eigenvalue weighted by atomic mass is 35.5. The van der Waals surface area contributed by atoms with Crippen LogP contribution in [0.25, 0.3) is 0 Å². The highest BCUT2D eigenvalue weighted by Crippen LogP contribution is 2.35. The van der Waals surface area contributed by atoms with Crippen molar-refractivity contribution in [2.75, 3.05) is 32.2 Å². The molecule has 1 aliphatic carbocycles. The summed E-state index contributed by atoms with van der Waals surface area (Å²) in [5.74, 6) is 1.61. The Kier molecular flexibility index (Phi) is 4.73. The Morgan fingerprint density at radius 2 is 2.00 bits per heavy atom. The van der Waals surface area contributed by atoms with E-state index >= 15 is 0 Å². The first-order valence-electron chi connectivity index (χ1n) is 6.29. The normalized spacial score (nSPS) is 31.8. The zero-order valence-electron chi connectivity index (χ0n) is 9.46. The minimum Gasteiger partial charge on any atom is -0.379 e. The minimum absolute atomic E-state index is 0.617. The van der Waals surface area contributed by atoms with Crippen LogP contribution in [0.4, 0.5) is 0 Å². The third-order valence-corrected chi connectivity index (χ3v) is 4.02. The molecule has 0 aromatic carbocycles. The number of likely N-dealkylation sites (tertiary alicyclic amines) is 1. The third kappa shape index (κ3) is 3.08. The summed E-state index contributed by atoms with van der Waals surface area (Å²) < 4.78 is 5.45. The standard InChI is InChI=1S/C12H22ClNO/c13-6-9-15-10-8-14-7-5-11-3-1-2-4-12(11)14/h11-12H,1-10H2. The Balaban J connectivity index is 1.69. The van der Waals surface area contributed by atoms with E-state index in [2.05, 4.69) is 4.90 Å². The predicted molar refractivity (Wildman–Crippen MR) is 63.5 cm³/mol. The maximum Gasteiger partial charge on any atom is 0.0602 e. The summed E-state index contributed by atoms with van der Waals surface area (Å²) in [5.41, 5.74) is 0. The van der Waals surface area contributed by atoms with Crippen molar-refractivity contribution in [2.24, 2.45) is 5.92 Å². The Morgan fingerprint density at radius 1 is 1.13 bits per heavy atom. The summed E-state index contributed by atoms with van der Waals surface area (Å²) in [6, 6.07) is 0.873. The monoisotopic (exact) mass is 231 g/mol. The van der Waals surface area contributed by atoms with E-state index < -0.39 is 0 Å². The number of nitrogens with zero attached hydrogens (tertiary/aromatic N) is 1. The fraction of sp³-hybridized carbons (Fsp3) is 1.00. The second-order valence-electron chi connectivity index (χ2n) is 4.74. The number of rotatable bonds is 5. The second kappa shape index (κ2) is 6.07. The van der Waals surface area contributed by atoms with E-state index in [-0.39, 0.29) is 0 Å². The molecule has 1 aliphatic heterocycles. The lowest BCUT2D eigenvalue weighted by Crippen LogP contribution is -2.36. The van der Waals surface area contributed by atoms with Crippen molar-refractivity contribution in [1.82, 2.24) is 4.90 Å². The van der Waals surface area contributed by atoms with Crippen molar-refractivity contribution < 1.29 is 4.74 Å². The van der Waals surface area contributed by atoms with Crippen LogP contribution in [0.15, 0.2) is 0 Å². The SMILES string of the molecule is ClCCOCCN1CCC2CCCCC21. The van der Waals surface area contributed by atoms with Gasteiger partial charge in [-0.05, 0) is 31.7 Å². The zero-order chi connectivity index (χ0) is 10.5. The van der Waals surface area contributed by atoms with Crippen LogP contribution in [-0.4, -0.2) is 43.1 Å². The molecule has 2 nitrogen and oxygen atoms in total. The summed E-state index contributed by atoms with van der Waals surface area (Å²) in [4.78, 5) is 2.64. The van der Waals surface area contributed by atoms with Gasteiger partial charge in [0.25, 0.3) is 0 Å². The van der Waals surface area contributed by atoms with Crippen LogP contribution < -0.4 is 0 Å². The smallest absolute Gasteiger partial charge is 0.0602 e. The van der Waals surface area contributed by atoms with Crippen molar-refractivity contribution in [3.8, 4) is 0 Å². The quantitative estimate of drug-likeness (QED) is 0.533. The van der Waals surface area contributed by atoms with Crippen molar-refractivity contribution in [1.29, 1.82) is 0 Å². The molecule has 0 N–H and O–H groups in total. The predicted octanol–water partition coefficient (Wildman–Crippen LogP) is 2.51. The molecular formula is C12H22ClNO. The fourth-order valence-corrected chi connectivity index (χ4v) is 3.23. The molecule has 1 saturated carbocycles. The van der Waals surface area contributed by atoms with Gasteiger partial charge in [-0.2, -0.15) is 0 Å². The molecule has 3 heteroatoms. The minimum atomic E-state index is 0.617.